The number of carbonyl (C=O) groups is 2. The molecule has 0 atom stereocenters. The molecule has 1 fully saturated rings. The van der Waals surface area contributed by atoms with Crippen LogP contribution >= 0.6 is 0 Å². The van der Waals surface area contributed by atoms with Gasteiger partial charge >= 0.3 is 0 Å². The number of hydrogen-bond donors (Lipinski definition) is 0. The lowest BCUT2D eigenvalue weighted by Crippen LogP contribution is -2.40. The zero-order chi connectivity index (χ0) is 20.4. The Labute approximate surface area is 169 Å². The minimum atomic E-state index is -0.00741. The lowest BCUT2D eigenvalue weighted by Gasteiger charge is -2.30. The fourth-order valence-corrected chi connectivity index (χ4v) is 3.76. The predicted octanol–water partition coefficient (Wildman–Crippen LogP) is 2.27. The lowest BCUT2D eigenvalue weighted by molar-refractivity contribution is -0.118. The number of methoxy groups -OCH3 is 2. The van der Waals surface area contributed by atoms with E-state index in [9.17, 15) is 9.59 Å². The summed E-state index contributed by atoms with van der Waals surface area (Å²) in [5, 5.41) is 0. The van der Waals surface area contributed by atoms with Crippen molar-refractivity contribution in [1.82, 2.24) is 4.90 Å². The summed E-state index contributed by atoms with van der Waals surface area (Å²) >= 11 is 0. The van der Waals surface area contributed by atoms with E-state index in [2.05, 4.69) is 0 Å². The number of fused-ring (bicyclic) bond motifs is 1. The summed E-state index contributed by atoms with van der Waals surface area (Å²) in [6.07, 6.45) is 0.296. The van der Waals surface area contributed by atoms with Crippen LogP contribution in [0, 0.1) is 0 Å². The van der Waals surface area contributed by atoms with Crippen LogP contribution < -0.4 is 14.4 Å². The molecule has 7 heteroatoms. The van der Waals surface area contributed by atoms with Gasteiger partial charge in [-0.3, -0.25) is 9.59 Å². The molecule has 2 heterocycles. The van der Waals surface area contributed by atoms with Gasteiger partial charge in [-0.15, -0.1) is 0 Å². The van der Waals surface area contributed by atoms with Gasteiger partial charge in [-0.1, -0.05) is 0 Å². The van der Waals surface area contributed by atoms with Gasteiger partial charge in [0.15, 0.2) is 11.5 Å². The number of rotatable bonds is 4. The number of ether oxygens (including phenoxy) is 3. The highest BCUT2D eigenvalue weighted by Gasteiger charge is 2.26. The van der Waals surface area contributed by atoms with Crippen LogP contribution in [0.25, 0.3) is 0 Å². The largest absolute Gasteiger partial charge is 0.493 e. The van der Waals surface area contributed by atoms with Crippen molar-refractivity contribution in [2.45, 2.75) is 13.0 Å². The molecule has 0 saturated carbocycles. The van der Waals surface area contributed by atoms with E-state index in [1.54, 1.807) is 36.2 Å². The summed E-state index contributed by atoms with van der Waals surface area (Å²) in [6, 6.07) is 11.0. The highest BCUT2D eigenvalue weighted by Crippen LogP contribution is 2.34. The third-order valence-corrected chi connectivity index (χ3v) is 5.40. The molecule has 29 heavy (non-hydrogen) atoms. The summed E-state index contributed by atoms with van der Waals surface area (Å²) in [6.45, 7) is 2.80. The highest BCUT2D eigenvalue weighted by molar-refractivity contribution is 5.98. The van der Waals surface area contributed by atoms with Crippen molar-refractivity contribution >= 4 is 17.5 Å². The summed E-state index contributed by atoms with van der Waals surface area (Å²) in [5.41, 5.74) is 3.36. The van der Waals surface area contributed by atoms with Crippen LogP contribution in [0.15, 0.2) is 36.4 Å². The summed E-state index contributed by atoms with van der Waals surface area (Å²) < 4.78 is 16.0. The first-order chi connectivity index (χ1) is 14.1. The van der Waals surface area contributed by atoms with Crippen LogP contribution in [0.1, 0.15) is 21.5 Å². The monoisotopic (exact) mass is 396 g/mol. The third kappa shape index (κ3) is 3.78. The number of anilines is 1. The van der Waals surface area contributed by atoms with Crippen LogP contribution in [0.2, 0.25) is 0 Å². The number of nitrogens with zero attached hydrogens (tertiary/aromatic N) is 2. The van der Waals surface area contributed by atoms with Crippen molar-refractivity contribution in [3.63, 3.8) is 0 Å². The summed E-state index contributed by atoms with van der Waals surface area (Å²) in [7, 11) is 3.18. The van der Waals surface area contributed by atoms with Gasteiger partial charge in [0.1, 0.15) is 0 Å². The third-order valence-electron chi connectivity index (χ3n) is 5.40. The fraction of sp³-hybridized carbons (Fsp3) is 0.364. The number of morpholine rings is 1. The van der Waals surface area contributed by atoms with E-state index in [0.717, 1.165) is 16.8 Å². The average Bonchev–Trinajstić information content (AvgIpc) is 2.78. The van der Waals surface area contributed by atoms with Crippen LogP contribution in [0.3, 0.4) is 0 Å². The van der Waals surface area contributed by atoms with Crippen LogP contribution in [-0.2, 0) is 22.5 Å². The Balaban J connectivity index is 1.54. The second-order valence-corrected chi connectivity index (χ2v) is 7.08. The van der Waals surface area contributed by atoms with Gasteiger partial charge in [0.2, 0.25) is 5.91 Å². The molecule has 2 aliphatic heterocycles. The molecule has 4 rings (SSSR count). The number of carbonyl (C=O) groups excluding carboxylic acids is 2. The Hall–Kier alpha value is -3.06. The van der Waals surface area contributed by atoms with Gasteiger partial charge in [-0.05, 0) is 47.5 Å². The molecular weight excluding hydrogens is 372 g/mol. The van der Waals surface area contributed by atoms with E-state index in [1.807, 2.05) is 24.3 Å². The van der Waals surface area contributed by atoms with E-state index >= 15 is 0 Å². The van der Waals surface area contributed by atoms with E-state index in [1.165, 1.54) is 0 Å². The highest BCUT2D eigenvalue weighted by atomic mass is 16.5. The first-order valence-electron chi connectivity index (χ1n) is 9.62. The predicted molar refractivity (Wildman–Crippen MR) is 108 cm³/mol. The lowest BCUT2D eigenvalue weighted by atomic mass is 9.97. The number of hydrogen-bond acceptors (Lipinski definition) is 5. The molecule has 0 N–H and O–H groups in total. The van der Waals surface area contributed by atoms with Gasteiger partial charge in [0.05, 0.1) is 40.4 Å². The zero-order valence-corrected chi connectivity index (χ0v) is 16.6. The fourth-order valence-electron chi connectivity index (χ4n) is 3.76. The molecule has 1 saturated heterocycles. The standard InChI is InChI=1S/C22H24N2O5/c1-27-19-11-16-13-21(25)24(14-17(16)12-20(19)28-2)18-5-3-15(4-6-18)22(26)23-7-9-29-10-8-23/h3-6,11-12H,7-10,13-14H2,1-2H3. The minimum absolute atomic E-state index is 0.00741. The van der Waals surface area contributed by atoms with Crippen molar-refractivity contribution in [3.8, 4) is 11.5 Å². The van der Waals surface area contributed by atoms with Crippen molar-refractivity contribution in [3.05, 3.63) is 53.1 Å². The van der Waals surface area contributed by atoms with E-state index in [4.69, 9.17) is 14.2 Å². The van der Waals surface area contributed by atoms with Gasteiger partial charge in [-0.2, -0.15) is 0 Å². The second kappa shape index (κ2) is 8.13. The molecule has 0 aliphatic carbocycles. The average molecular weight is 396 g/mol. The van der Waals surface area contributed by atoms with Crippen LogP contribution in [-0.4, -0.2) is 57.2 Å². The topological polar surface area (TPSA) is 68.3 Å². The van der Waals surface area contributed by atoms with Gasteiger partial charge in [0, 0.05) is 24.3 Å². The zero-order valence-electron chi connectivity index (χ0n) is 16.6. The van der Waals surface area contributed by atoms with Crippen molar-refractivity contribution in [2.24, 2.45) is 0 Å². The molecule has 0 spiro atoms. The first-order valence-corrected chi connectivity index (χ1v) is 9.62. The Morgan fingerprint density at radius 3 is 2.21 bits per heavy atom. The molecule has 2 aromatic rings. The molecular formula is C22H24N2O5. The maximum Gasteiger partial charge on any atom is 0.254 e. The number of benzene rings is 2. The normalized spacial score (nSPS) is 16.4. The smallest absolute Gasteiger partial charge is 0.254 e. The van der Waals surface area contributed by atoms with Crippen LogP contribution in [0.4, 0.5) is 5.69 Å². The molecule has 2 aliphatic rings. The van der Waals surface area contributed by atoms with Crippen LogP contribution in [0.5, 0.6) is 11.5 Å². The SMILES string of the molecule is COc1cc2c(cc1OC)CN(c1ccc(C(=O)N3CCOCC3)cc1)C(=O)C2. The molecule has 0 aromatic heterocycles. The molecule has 7 nitrogen and oxygen atoms in total. The quantitative estimate of drug-likeness (QED) is 0.793. The van der Waals surface area contributed by atoms with Crippen molar-refractivity contribution in [1.29, 1.82) is 0 Å². The molecule has 0 bridgehead atoms. The number of amides is 2. The van der Waals surface area contributed by atoms with Gasteiger partial charge < -0.3 is 24.0 Å². The van der Waals surface area contributed by atoms with Gasteiger partial charge in [0.25, 0.3) is 5.91 Å². The maximum atomic E-state index is 12.7. The Kier molecular flexibility index (Phi) is 5.40. The molecule has 2 amide bonds. The second-order valence-electron chi connectivity index (χ2n) is 7.08. The Morgan fingerprint density at radius 1 is 0.966 bits per heavy atom. The molecule has 0 unspecified atom stereocenters. The molecule has 0 radical (unpaired) electrons. The maximum absolute atomic E-state index is 12.7. The first kappa shape index (κ1) is 19.3. The summed E-state index contributed by atoms with van der Waals surface area (Å²) in [5.74, 6) is 1.27. The van der Waals surface area contributed by atoms with E-state index in [-0.39, 0.29) is 11.8 Å². The molecule has 152 valence electrons. The van der Waals surface area contributed by atoms with E-state index in [0.29, 0.717) is 56.3 Å². The van der Waals surface area contributed by atoms with Crippen molar-refractivity contribution in [2.75, 3.05) is 45.4 Å². The Bertz CT molecular complexity index is 920. The van der Waals surface area contributed by atoms with Gasteiger partial charge in [-0.25, -0.2) is 0 Å². The Morgan fingerprint density at radius 2 is 1.59 bits per heavy atom. The van der Waals surface area contributed by atoms with Crippen molar-refractivity contribution < 1.29 is 23.8 Å². The molecule has 2 aromatic carbocycles. The minimum Gasteiger partial charge on any atom is -0.493 e. The van der Waals surface area contributed by atoms with E-state index < -0.39 is 0 Å². The summed E-state index contributed by atoms with van der Waals surface area (Å²) in [4.78, 5) is 28.9.